The van der Waals surface area contributed by atoms with Crippen molar-refractivity contribution in [1.82, 2.24) is 5.32 Å². The number of cyclic esters (lactones) is 2. The van der Waals surface area contributed by atoms with E-state index >= 15 is 0 Å². The highest BCUT2D eigenvalue weighted by Crippen LogP contribution is 2.40. The molecule has 2 fully saturated rings. The van der Waals surface area contributed by atoms with Gasteiger partial charge in [-0.2, -0.15) is 13.2 Å². The van der Waals surface area contributed by atoms with Crippen molar-refractivity contribution < 1.29 is 32.2 Å². The van der Waals surface area contributed by atoms with Crippen LogP contribution in [0.25, 0.3) is 0 Å². The summed E-state index contributed by atoms with van der Waals surface area (Å²) in [7, 11) is 0. The molecule has 0 bridgehead atoms. The van der Waals surface area contributed by atoms with Crippen LogP contribution in [0, 0.1) is 0 Å². The third-order valence-corrected chi connectivity index (χ3v) is 4.25. The zero-order valence-corrected chi connectivity index (χ0v) is 15.0. The molecule has 146 valence electrons. The number of carbonyl (C=O) groups excluding carboxylic acids is 2. The maximum Gasteiger partial charge on any atom is 0.418 e. The van der Waals surface area contributed by atoms with Gasteiger partial charge in [-0.15, -0.1) is 0 Å². The molecule has 2 aliphatic heterocycles. The molecule has 0 radical (unpaired) electrons. The number of anilines is 2. The predicted octanol–water partition coefficient (Wildman–Crippen LogP) is 2.92. The summed E-state index contributed by atoms with van der Waals surface area (Å²) in [5.41, 5.74) is -1.30. The van der Waals surface area contributed by atoms with E-state index in [-0.39, 0.29) is 37.6 Å². The number of ether oxygens (including phenoxy) is 2. The SMILES string of the molecule is CC(=S)NC[C@H]1CN(c2ccc(N3CCOC3=O)c(C(F)(F)F)c2)C(=O)O1. The molecule has 0 saturated carbocycles. The number of rotatable bonds is 4. The smallest absolute Gasteiger partial charge is 0.418 e. The summed E-state index contributed by atoms with van der Waals surface area (Å²) >= 11 is 4.88. The van der Waals surface area contributed by atoms with Gasteiger partial charge in [0.2, 0.25) is 0 Å². The third kappa shape index (κ3) is 4.07. The van der Waals surface area contributed by atoms with Crippen LogP contribution in [0.5, 0.6) is 0 Å². The molecule has 1 atom stereocenters. The van der Waals surface area contributed by atoms with Gasteiger partial charge in [-0.25, -0.2) is 9.59 Å². The van der Waals surface area contributed by atoms with Gasteiger partial charge < -0.3 is 14.8 Å². The molecule has 0 aliphatic carbocycles. The van der Waals surface area contributed by atoms with E-state index in [1.54, 1.807) is 6.92 Å². The molecule has 0 unspecified atom stereocenters. The fourth-order valence-electron chi connectivity index (χ4n) is 2.86. The molecule has 11 heteroatoms. The van der Waals surface area contributed by atoms with Crippen LogP contribution in [0.2, 0.25) is 0 Å². The van der Waals surface area contributed by atoms with Crippen molar-refractivity contribution in [2.24, 2.45) is 0 Å². The summed E-state index contributed by atoms with van der Waals surface area (Å²) < 4.78 is 50.5. The quantitative estimate of drug-likeness (QED) is 0.780. The largest absolute Gasteiger partial charge is 0.447 e. The van der Waals surface area contributed by atoms with Crippen molar-refractivity contribution in [3.8, 4) is 0 Å². The molecule has 2 amide bonds. The van der Waals surface area contributed by atoms with Gasteiger partial charge in [0, 0.05) is 5.69 Å². The molecule has 27 heavy (non-hydrogen) atoms. The molecule has 0 spiro atoms. The first-order valence-electron chi connectivity index (χ1n) is 8.05. The van der Waals surface area contributed by atoms with E-state index in [0.29, 0.717) is 4.99 Å². The number of hydrogen-bond acceptors (Lipinski definition) is 5. The second-order valence-electron chi connectivity index (χ2n) is 6.02. The Morgan fingerprint density at radius 1 is 1.30 bits per heavy atom. The zero-order valence-electron chi connectivity index (χ0n) is 14.2. The fourth-order valence-corrected chi connectivity index (χ4v) is 2.95. The number of benzene rings is 1. The minimum atomic E-state index is -4.72. The number of hydrogen-bond donors (Lipinski definition) is 1. The first-order valence-corrected chi connectivity index (χ1v) is 8.46. The predicted molar refractivity (Wildman–Crippen MR) is 94.0 cm³/mol. The second kappa shape index (κ2) is 7.22. The molecule has 1 N–H and O–H groups in total. The number of thiocarbonyl (C=S) groups is 1. The van der Waals surface area contributed by atoms with Gasteiger partial charge in [0.05, 0.1) is 35.9 Å². The van der Waals surface area contributed by atoms with Crippen LogP contribution < -0.4 is 15.1 Å². The molecule has 1 aromatic carbocycles. The van der Waals surface area contributed by atoms with Crippen LogP contribution >= 0.6 is 12.2 Å². The van der Waals surface area contributed by atoms with Crippen LogP contribution in [0.1, 0.15) is 12.5 Å². The molecule has 1 aromatic rings. The number of halogens is 3. The Bertz CT molecular complexity index is 787. The fraction of sp³-hybridized carbons (Fsp3) is 0.438. The average Bonchev–Trinajstić information content (AvgIpc) is 3.17. The van der Waals surface area contributed by atoms with Crippen LogP contribution in [0.3, 0.4) is 0 Å². The Balaban J connectivity index is 1.87. The molecular formula is C16H16F3N3O4S. The van der Waals surface area contributed by atoms with E-state index in [2.05, 4.69) is 5.32 Å². The lowest BCUT2D eigenvalue weighted by molar-refractivity contribution is -0.137. The Labute approximate surface area is 158 Å². The molecular weight excluding hydrogens is 387 g/mol. The first-order chi connectivity index (χ1) is 12.7. The van der Waals surface area contributed by atoms with Crippen LogP contribution in [0.15, 0.2) is 18.2 Å². The minimum absolute atomic E-state index is 0.0182. The lowest BCUT2D eigenvalue weighted by Crippen LogP contribution is -2.32. The van der Waals surface area contributed by atoms with Crippen molar-refractivity contribution in [2.45, 2.75) is 19.2 Å². The van der Waals surface area contributed by atoms with Gasteiger partial charge in [-0.3, -0.25) is 9.80 Å². The number of carbonyl (C=O) groups is 2. The van der Waals surface area contributed by atoms with Gasteiger partial charge >= 0.3 is 18.4 Å². The minimum Gasteiger partial charge on any atom is -0.447 e. The Morgan fingerprint density at radius 2 is 2.04 bits per heavy atom. The lowest BCUT2D eigenvalue weighted by Gasteiger charge is -2.22. The van der Waals surface area contributed by atoms with Crippen molar-refractivity contribution in [1.29, 1.82) is 0 Å². The van der Waals surface area contributed by atoms with Gasteiger partial charge in [-0.1, -0.05) is 12.2 Å². The Morgan fingerprint density at radius 3 is 2.63 bits per heavy atom. The molecule has 2 heterocycles. The third-order valence-electron chi connectivity index (χ3n) is 4.10. The summed E-state index contributed by atoms with van der Waals surface area (Å²) in [6.45, 7) is 2.06. The molecule has 2 saturated heterocycles. The van der Waals surface area contributed by atoms with E-state index in [4.69, 9.17) is 21.7 Å². The molecule has 3 rings (SSSR count). The Kier molecular flexibility index (Phi) is 5.13. The van der Waals surface area contributed by atoms with Crippen LogP contribution in [-0.2, 0) is 15.7 Å². The lowest BCUT2D eigenvalue weighted by atomic mass is 10.1. The highest BCUT2D eigenvalue weighted by Gasteiger charge is 2.40. The summed E-state index contributed by atoms with van der Waals surface area (Å²) in [6, 6.07) is 3.34. The van der Waals surface area contributed by atoms with Crippen molar-refractivity contribution in [3.05, 3.63) is 23.8 Å². The van der Waals surface area contributed by atoms with Gasteiger partial charge in [0.15, 0.2) is 0 Å². The first kappa shape index (κ1) is 19.2. The maximum absolute atomic E-state index is 13.5. The summed E-state index contributed by atoms with van der Waals surface area (Å²) in [5, 5.41) is 2.86. The van der Waals surface area contributed by atoms with E-state index in [0.717, 1.165) is 21.9 Å². The topological polar surface area (TPSA) is 71.1 Å². The molecule has 0 aromatic heterocycles. The second-order valence-corrected chi connectivity index (χ2v) is 6.63. The van der Waals surface area contributed by atoms with Crippen molar-refractivity contribution in [3.63, 3.8) is 0 Å². The maximum atomic E-state index is 13.5. The highest BCUT2D eigenvalue weighted by atomic mass is 32.1. The summed E-state index contributed by atoms with van der Waals surface area (Å²) in [5.74, 6) is 0. The van der Waals surface area contributed by atoms with E-state index < -0.39 is 30.0 Å². The van der Waals surface area contributed by atoms with Gasteiger partial charge in [0.1, 0.15) is 12.7 Å². The normalized spacial score (nSPS) is 19.9. The van der Waals surface area contributed by atoms with Crippen molar-refractivity contribution >= 4 is 40.8 Å². The van der Waals surface area contributed by atoms with Crippen LogP contribution in [-0.4, -0.2) is 49.5 Å². The number of nitrogens with zero attached hydrogens (tertiary/aromatic N) is 2. The molecule has 2 aliphatic rings. The molecule has 7 nitrogen and oxygen atoms in total. The van der Waals surface area contributed by atoms with E-state index in [1.807, 2.05) is 0 Å². The van der Waals surface area contributed by atoms with E-state index in [1.165, 1.54) is 6.07 Å². The van der Waals surface area contributed by atoms with Crippen LogP contribution in [0.4, 0.5) is 34.1 Å². The highest BCUT2D eigenvalue weighted by molar-refractivity contribution is 7.80. The van der Waals surface area contributed by atoms with E-state index in [9.17, 15) is 22.8 Å². The average molecular weight is 403 g/mol. The number of alkyl halides is 3. The Hall–Kier alpha value is -2.56. The standard InChI is InChI=1S/C16H16F3N3O4S/c1-9(27)20-7-11-8-22(15(24)26-11)10-2-3-13(12(6-10)16(17,18)19)21-4-5-25-14(21)23/h2-3,6,11H,4-5,7-8H2,1H3,(H,20,27)/t11-/m0/s1. The van der Waals surface area contributed by atoms with Gasteiger partial charge in [-0.05, 0) is 25.1 Å². The van der Waals surface area contributed by atoms with Crippen molar-refractivity contribution in [2.75, 3.05) is 36.0 Å². The number of amides is 2. The monoisotopic (exact) mass is 403 g/mol. The summed E-state index contributed by atoms with van der Waals surface area (Å²) in [4.78, 5) is 26.3. The van der Waals surface area contributed by atoms with Gasteiger partial charge in [0.25, 0.3) is 0 Å². The zero-order chi connectivity index (χ0) is 19.8. The number of nitrogens with one attached hydrogen (secondary N) is 1. The summed E-state index contributed by atoms with van der Waals surface area (Å²) in [6.07, 6.45) is -6.84.